The van der Waals surface area contributed by atoms with Crippen molar-refractivity contribution in [2.24, 2.45) is 0 Å². The Bertz CT molecular complexity index is 1370. The Morgan fingerprint density at radius 3 is 2.26 bits per heavy atom. The van der Waals surface area contributed by atoms with Crippen LogP contribution in [0.25, 0.3) is 32.9 Å². The van der Waals surface area contributed by atoms with Gasteiger partial charge in [-0.15, -0.1) is 0 Å². The first-order chi connectivity index (χ1) is 15.2. The molecule has 1 heterocycles. The number of benzene rings is 4. The molecule has 0 spiro atoms. The van der Waals surface area contributed by atoms with Crippen molar-refractivity contribution in [1.29, 1.82) is 0 Å². The second kappa shape index (κ2) is 8.32. The van der Waals surface area contributed by atoms with E-state index in [4.69, 9.17) is 9.26 Å². The van der Waals surface area contributed by atoms with E-state index in [-0.39, 0.29) is 19.1 Å². The first-order valence-corrected chi connectivity index (χ1v) is 10.1. The molecule has 1 N–H and O–H groups in total. The summed E-state index contributed by atoms with van der Waals surface area (Å²) < 4.78 is 11.1. The number of hydrogen-bond acceptors (Lipinski definition) is 4. The van der Waals surface area contributed by atoms with Crippen LogP contribution in [0.1, 0.15) is 5.69 Å². The number of amides is 1. The van der Waals surface area contributed by atoms with Gasteiger partial charge in [0.25, 0.3) is 5.91 Å². The van der Waals surface area contributed by atoms with Crippen LogP contribution in [0.3, 0.4) is 0 Å². The van der Waals surface area contributed by atoms with E-state index in [9.17, 15) is 4.79 Å². The topological polar surface area (TPSA) is 64.4 Å². The zero-order valence-electron chi connectivity index (χ0n) is 16.7. The van der Waals surface area contributed by atoms with Crippen LogP contribution >= 0.6 is 0 Å². The number of ether oxygens (including phenoxy) is 1. The zero-order valence-corrected chi connectivity index (χ0v) is 16.7. The second-order valence-electron chi connectivity index (χ2n) is 7.32. The minimum Gasteiger partial charge on any atom is -0.484 e. The molecule has 0 aliphatic carbocycles. The molecule has 0 saturated heterocycles. The molecule has 0 bridgehead atoms. The summed E-state index contributed by atoms with van der Waals surface area (Å²) in [5.74, 6) is 1.11. The standard InChI is InChI=1S/C26H20N2O3/c29-26(17-30-24-12-11-19-6-2-4-8-21(19)14-24)27-16-23-15-25(31-28-23)22-10-9-18-5-1-3-7-20(18)13-22/h1-15H,16-17H2,(H,27,29). The quantitative estimate of drug-likeness (QED) is 0.412. The lowest BCUT2D eigenvalue weighted by Crippen LogP contribution is -2.28. The number of hydrogen-bond donors (Lipinski definition) is 1. The maximum Gasteiger partial charge on any atom is 0.258 e. The molecular formula is C26H20N2O3. The van der Waals surface area contributed by atoms with Crippen LogP contribution in [0, 0.1) is 0 Å². The minimum atomic E-state index is -0.219. The molecule has 5 nitrogen and oxygen atoms in total. The summed E-state index contributed by atoms with van der Waals surface area (Å²) >= 11 is 0. The Hall–Kier alpha value is -4.12. The molecule has 0 aliphatic heterocycles. The van der Waals surface area contributed by atoms with E-state index in [0.717, 1.165) is 21.7 Å². The lowest BCUT2D eigenvalue weighted by atomic mass is 10.1. The fourth-order valence-corrected chi connectivity index (χ4v) is 3.52. The van der Waals surface area contributed by atoms with E-state index in [0.29, 0.717) is 17.2 Å². The van der Waals surface area contributed by atoms with Gasteiger partial charge in [-0.05, 0) is 39.7 Å². The maximum absolute atomic E-state index is 12.2. The van der Waals surface area contributed by atoms with Crippen LogP contribution in [-0.4, -0.2) is 17.7 Å². The molecule has 5 rings (SSSR count). The Balaban J connectivity index is 1.18. The van der Waals surface area contributed by atoms with Gasteiger partial charge in [0.1, 0.15) is 11.4 Å². The molecule has 152 valence electrons. The number of aromatic nitrogens is 1. The smallest absolute Gasteiger partial charge is 0.258 e. The molecular weight excluding hydrogens is 388 g/mol. The third kappa shape index (κ3) is 4.26. The number of nitrogens with zero attached hydrogens (tertiary/aromatic N) is 1. The van der Waals surface area contributed by atoms with E-state index in [1.165, 1.54) is 5.39 Å². The van der Waals surface area contributed by atoms with Crippen LogP contribution in [0.2, 0.25) is 0 Å². The van der Waals surface area contributed by atoms with Crippen LogP contribution in [0.4, 0.5) is 0 Å². The highest BCUT2D eigenvalue weighted by Gasteiger charge is 2.10. The molecule has 1 amide bonds. The molecule has 5 aromatic rings. The van der Waals surface area contributed by atoms with Crippen molar-refractivity contribution in [3.8, 4) is 17.1 Å². The second-order valence-corrected chi connectivity index (χ2v) is 7.32. The predicted molar refractivity (Wildman–Crippen MR) is 121 cm³/mol. The zero-order chi connectivity index (χ0) is 21.0. The Kier molecular flexibility index (Phi) is 5.07. The maximum atomic E-state index is 12.2. The summed E-state index contributed by atoms with van der Waals surface area (Å²) in [5, 5.41) is 11.4. The first kappa shape index (κ1) is 18.9. The van der Waals surface area contributed by atoms with Gasteiger partial charge in [0, 0.05) is 11.6 Å². The van der Waals surface area contributed by atoms with Gasteiger partial charge in [0.2, 0.25) is 0 Å². The molecule has 4 aromatic carbocycles. The van der Waals surface area contributed by atoms with Gasteiger partial charge in [-0.2, -0.15) is 0 Å². The van der Waals surface area contributed by atoms with Gasteiger partial charge in [-0.1, -0.05) is 71.9 Å². The summed E-state index contributed by atoms with van der Waals surface area (Å²) in [7, 11) is 0. The van der Waals surface area contributed by atoms with Gasteiger partial charge >= 0.3 is 0 Å². The number of fused-ring (bicyclic) bond motifs is 2. The highest BCUT2D eigenvalue weighted by Crippen LogP contribution is 2.25. The van der Waals surface area contributed by atoms with Crippen molar-refractivity contribution in [3.05, 3.63) is 96.7 Å². The average molecular weight is 408 g/mol. The monoisotopic (exact) mass is 408 g/mol. The summed E-state index contributed by atoms with van der Waals surface area (Å²) in [6.07, 6.45) is 0. The minimum absolute atomic E-state index is 0.0618. The van der Waals surface area contributed by atoms with Crippen molar-refractivity contribution < 1.29 is 14.1 Å². The summed E-state index contributed by atoms with van der Waals surface area (Å²) in [4.78, 5) is 12.2. The highest BCUT2D eigenvalue weighted by atomic mass is 16.5. The number of nitrogens with one attached hydrogen (secondary N) is 1. The lowest BCUT2D eigenvalue weighted by molar-refractivity contribution is -0.123. The Morgan fingerprint density at radius 2 is 1.48 bits per heavy atom. The van der Waals surface area contributed by atoms with E-state index < -0.39 is 0 Å². The molecule has 0 atom stereocenters. The van der Waals surface area contributed by atoms with Crippen LogP contribution in [-0.2, 0) is 11.3 Å². The summed E-state index contributed by atoms with van der Waals surface area (Å²) in [6, 6.07) is 29.9. The van der Waals surface area contributed by atoms with Crippen molar-refractivity contribution in [2.45, 2.75) is 6.54 Å². The molecule has 31 heavy (non-hydrogen) atoms. The number of carbonyl (C=O) groups excluding carboxylic acids is 1. The van der Waals surface area contributed by atoms with Crippen molar-refractivity contribution in [2.75, 3.05) is 6.61 Å². The molecule has 0 fully saturated rings. The van der Waals surface area contributed by atoms with E-state index in [1.54, 1.807) is 0 Å². The molecule has 0 aliphatic rings. The summed E-state index contributed by atoms with van der Waals surface area (Å²) in [6.45, 7) is 0.213. The van der Waals surface area contributed by atoms with Gasteiger partial charge in [-0.3, -0.25) is 4.79 Å². The fraction of sp³-hybridized carbons (Fsp3) is 0.0769. The van der Waals surface area contributed by atoms with Gasteiger partial charge in [0.15, 0.2) is 12.4 Å². The lowest BCUT2D eigenvalue weighted by Gasteiger charge is -2.07. The summed E-state index contributed by atoms with van der Waals surface area (Å²) in [5.41, 5.74) is 1.60. The highest BCUT2D eigenvalue weighted by molar-refractivity contribution is 5.86. The van der Waals surface area contributed by atoms with Gasteiger partial charge in [-0.25, -0.2) is 0 Å². The molecule has 5 heteroatoms. The molecule has 0 radical (unpaired) electrons. The average Bonchev–Trinajstić information content (AvgIpc) is 3.30. The van der Waals surface area contributed by atoms with Crippen molar-refractivity contribution >= 4 is 27.5 Å². The third-order valence-electron chi connectivity index (χ3n) is 5.15. The first-order valence-electron chi connectivity index (χ1n) is 10.1. The molecule has 1 aromatic heterocycles. The van der Waals surface area contributed by atoms with Crippen LogP contribution in [0.15, 0.2) is 95.5 Å². The third-order valence-corrected chi connectivity index (χ3v) is 5.15. The van der Waals surface area contributed by atoms with Gasteiger partial charge < -0.3 is 14.6 Å². The van der Waals surface area contributed by atoms with Crippen molar-refractivity contribution in [3.63, 3.8) is 0 Å². The van der Waals surface area contributed by atoms with Crippen LogP contribution < -0.4 is 10.1 Å². The Labute approximate surface area is 179 Å². The normalized spacial score (nSPS) is 11.0. The molecule has 0 unspecified atom stereocenters. The fourth-order valence-electron chi connectivity index (χ4n) is 3.52. The SMILES string of the molecule is O=C(COc1ccc2ccccc2c1)NCc1cc(-c2ccc3ccccc3c2)on1. The number of rotatable bonds is 6. The molecule has 0 saturated carbocycles. The number of carbonyl (C=O) groups is 1. The Morgan fingerprint density at radius 1 is 0.806 bits per heavy atom. The van der Waals surface area contributed by atoms with Gasteiger partial charge in [0.05, 0.1) is 6.54 Å². The predicted octanol–water partition coefficient (Wildman–Crippen LogP) is 5.34. The van der Waals surface area contributed by atoms with E-state index >= 15 is 0 Å². The van der Waals surface area contributed by atoms with Crippen LogP contribution in [0.5, 0.6) is 5.75 Å². The largest absolute Gasteiger partial charge is 0.484 e. The van der Waals surface area contributed by atoms with E-state index in [1.807, 2.05) is 66.7 Å². The van der Waals surface area contributed by atoms with E-state index in [2.05, 4.69) is 34.7 Å². The van der Waals surface area contributed by atoms with Crippen molar-refractivity contribution in [1.82, 2.24) is 10.5 Å².